The summed E-state index contributed by atoms with van der Waals surface area (Å²) in [4.78, 5) is 31.7. The van der Waals surface area contributed by atoms with Crippen LogP contribution in [0.5, 0.6) is 17.2 Å². The molecular weight excluding hydrogens is 464 g/mol. The topological polar surface area (TPSA) is 68.3 Å². The second kappa shape index (κ2) is 10.00. The predicted octanol–water partition coefficient (Wildman–Crippen LogP) is 4.63. The molecule has 0 bridgehead atoms. The Bertz CT molecular complexity index is 1220. The van der Waals surface area contributed by atoms with E-state index in [4.69, 9.17) is 14.2 Å². The number of rotatable bonds is 9. The summed E-state index contributed by atoms with van der Waals surface area (Å²) in [5, 5.41) is 2.04. The number of carbonyl (C=O) groups is 2. The standard InChI is InChI=1S/C27H28N2O5S/c1-18-11-12-35-25(18)15-28(14-19-3-10-23-24(13-19)34-17-33-23)26(30)16-29(21-6-7-21)27(31)20-4-8-22(32-2)9-5-20/h3-5,8-13,21H,6-7,14-17H2,1-2H3. The quantitative estimate of drug-likeness (QED) is 0.436. The first kappa shape index (κ1) is 23.2. The van der Waals surface area contributed by atoms with E-state index >= 15 is 0 Å². The Hall–Kier alpha value is -3.52. The highest BCUT2D eigenvalue weighted by Crippen LogP contribution is 2.33. The van der Waals surface area contributed by atoms with E-state index in [2.05, 4.69) is 13.0 Å². The smallest absolute Gasteiger partial charge is 0.254 e. The van der Waals surface area contributed by atoms with Crippen molar-refractivity contribution in [3.63, 3.8) is 0 Å². The van der Waals surface area contributed by atoms with Crippen molar-refractivity contribution in [2.24, 2.45) is 0 Å². The molecule has 0 unspecified atom stereocenters. The number of methoxy groups -OCH3 is 1. The van der Waals surface area contributed by atoms with Crippen LogP contribution in [0.4, 0.5) is 0 Å². The molecule has 8 heteroatoms. The van der Waals surface area contributed by atoms with Gasteiger partial charge < -0.3 is 24.0 Å². The van der Waals surface area contributed by atoms with E-state index in [0.717, 1.165) is 28.8 Å². The van der Waals surface area contributed by atoms with E-state index in [-0.39, 0.29) is 31.2 Å². The van der Waals surface area contributed by atoms with Gasteiger partial charge in [-0.15, -0.1) is 11.3 Å². The van der Waals surface area contributed by atoms with Gasteiger partial charge in [0, 0.05) is 23.0 Å². The van der Waals surface area contributed by atoms with Crippen LogP contribution in [0.15, 0.2) is 53.9 Å². The molecule has 5 rings (SSSR count). The van der Waals surface area contributed by atoms with Gasteiger partial charge in [0.05, 0.1) is 13.7 Å². The minimum absolute atomic E-state index is 0.0461. The van der Waals surface area contributed by atoms with Gasteiger partial charge in [0.15, 0.2) is 11.5 Å². The minimum atomic E-state index is -0.126. The summed E-state index contributed by atoms with van der Waals surface area (Å²) < 4.78 is 16.2. The predicted molar refractivity (Wildman–Crippen MR) is 133 cm³/mol. The number of aryl methyl sites for hydroxylation is 1. The molecule has 3 aromatic rings. The number of benzene rings is 2. The van der Waals surface area contributed by atoms with Crippen LogP contribution >= 0.6 is 11.3 Å². The Morgan fingerprint density at radius 2 is 1.80 bits per heavy atom. The van der Waals surface area contributed by atoms with Crippen molar-refractivity contribution in [1.29, 1.82) is 0 Å². The molecule has 0 spiro atoms. The third-order valence-corrected chi connectivity index (χ3v) is 7.36. The second-order valence-electron chi connectivity index (χ2n) is 8.86. The van der Waals surface area contributed by atoms with Gasteiger partial charge in [0.2, 0.25) is 12.7 Å². The van der Waals surface area contributed by atoms with Gasteiger partial charge in [-0.25, -0.2) is 0 Å². The first-order valence-corrected chi connectivity index (χ1v) is 12.5. The third kappa shape index (κ3) is 5.27. The summed E-state index contributed by atoms with van der Waals surface area (Å²) in [6.45, 7) is 3.22. The van der Waals surface area contributed by atoms with Crippen LogP contribution in [0.1, 0.15) is 39.2 Å². The molecule has 0 N–H and O–H groups in total. The molecule has 7 nitrogen and oxygen atoms in total. The third-order valence-electron chi connectivity index (χ3n) is 6.36. The van der Waals surface area contributed by atoms with Gasteiger partial charge in [-0.1, -0.05) is 6.07 Å². The van der Waals surface area contributed by atoms with Gasteiger partial charge in [0.1, 0.15) is 12.3 Å². The molecule has 1 aliphatic heterocycles. The van der Waals surface area contributed by atoms with E-state index in [9.17, 15) is 9.59 Å². The second-order valence-corrected chi connectivity index (χ2v) is 9.86. The molecule has 182 valence electrons. The zero-order chi connectivity index (χ0) is 24.4. The monoisotopic (exact) mass is 492 g/mol. The van der Waals surface area contributed by atoms with Gasteiger partial charge in [-0.3, -0.25) is 9.59 Å². The van der Waals surface area contributed by atoms with Crippen LogP contribution in [-0.4, -0.2) is 48.1 Å². The van der Waals surface area contributed by atoms with Crippen molar-refractivity contribution >= 4 is 23.2 Å². The lowest BCUT2D eigenvalue weighted by Crippen LogP contribution is -2.43. The zero-order valence-electron chi connectivity index (χ0n) is 19.9. The number of thiophene rings is 1. The van der Waals surface area contributed by atoms with Crippen molar-refractivity contribution in [3.8, 4) is 17.2 Å². The van der Waals surface area contributed by atoms with Crippen LogP contribution in [0.3, 0.4) is 0 Å². The average molecular weight is 493 g/mol. The van der Waals surface area contributed by atoms with Crippen molar-refractivity contribution in [3.05, 3.63) is 75.5 Å². The summed E-state index contributed by atoms with van der Waals surface area (Å²) in [5.74, 6) is 1.89. The van der Waals surface area contributed by atoms with E-state index < -0.39 is 0 Å². The van der Waals surface area contributed by atoms with Crippen LogP contribution in [0, 0.1) is 6.92 Å². The highest BCUT2D eigenvalue weighted by Gasteiger charge is 2.35. The van der Waals surface area contributed by atoms with Crippen molar-refractivity contribution in [1.82, 2.24) is 9.80 Å². The molecule has 2 amide bonds. The Labute approximate surface area is 208 Å². The fraction of sp³-hybridized carbons (Fsp3) is 0.333. The Morgan fingerprint density at radius 1 is 1.03 bits per heavy atom. The van der Waals surface area contributed by atoms with Crippen LogP contribution in [-0.2, 0) is 17.9 Å². The summed E-state index contributed by atoms with van der Waals surface area (Å²) in [7, 11) is 1.59. The number of hydrogen-bond donors (Lipinski definition) is 0. The number of ether oxygens (including phenoxy) is 3. The maximum Gasteiger partial charge on any atom is 0.254 e. The molecular formula is C27H28N2O5S. The average Bonchev–Trinajstić information content (AvgIpc) is 3.47. The SMILES string of the molecule is COc1ccc(C(=O)N(CC(=O)N(Cc2ccc3c(c2)OCO3)Cc2sccc2C)C2CC2)cc1. The number of nitrogens with zero attached hydrogens (tertiary/aromatic N) is 2. The maximum atomic E-state index is 13.7. The highest BCUT2D eigenvalue weighted by atomic mass is 32.1. The molecule has 0 radical (unpaired) electrons. The molecule has 2 aromatic carbocycles. The van der Waals surface area contributed by atoms with E-state index in [0.29, 0.717) is 35.9 Å². The Morgan fingerprint density at radius 3 is 2.49 bits per heavy atom. The number of hydrogen-bond acceptors (Lipinski definition) is 6. The molecule has 0 atom stereocenters. The van der Waals surface area contributed by atoms with Crippen molar-refractivity contribution in [2.45, 2.75) is 38.9 Å². The fourth-order valence-electron chi connectivity index (χ4n) is 4.13. The van der Waals surface area contributed by atoms with Crippen molar-refractivity contribution in [2.75, 3.05) is 20.4 Å². The van der Waals surface area contributed by atoms with Crippen molar-refractivity contribution < 1.29 is 23.8 Å². The summed E-state index contributed by atoms with van der Waals surface area (Å²) in [6, 6.07) is 15.0. The maximum absolute atomic E-state index is 13.7. The minimum Gasteiger partial charge on any atom is -0.497 e. The molecule has 0 saturated heterocycles. The lowest BCUT2D eigenvalue weighted by atomic mass is 10.1. The zero-order valence-corrected chi connectivity index (χ0v) is 20.7. The summed E-state index contributed by atoms with van der Waals surface area (Å²) >= 11 is 1.64. The Balaban J connectivity index is 1.36. The van der Waals surface area contributed by atoms with Crippen LogP contribution in [0.25, 0.3) is 0 Å². The van der Waals surface area contributed by atoms with E-state index in [1.807, 2.05) is 28.5 Å². The molecule has 1 fully saturated rings. The first-order valence-electron chi connectivity index (χ1n) is 11.7. The molecule has 2 aliphatic rings. The lowest BCUT2D eigenvalue weighted by Gasteiger charge is -2.28. The molecule has 1 aromatic heterocycles. The lowest BCUT2D eigenvalue weighted by molar-refractivity contribution is -0.133. The highest BCUT2D eigenvalue weighted by molar-refractivity contribution is 7.10. The number of fused-ring (bicyclic) bond motifs is 1. The molecule has 35 heavy (non-hydrogen) atoms. The number of amides is 2. The summed E-state index contributed by atoms with van der Waals surface area (Å²) in [5.41, 5.74) is 2.67. The van der Waals surface area contributed by atoms with E-state index in [1.54, 1.807) is 47.6 Å². The van der Waals surface area contributed by atoms with E-state index in [1.165, 1.54) is 0 Å². The molecule has 1 saturated carbocycles. The van der Waals surface area contributed by atoms with Crippen LogP contribution < -0.4 is 14.2 Å². The van der Waals surface area contributed by atoms with Gasteiger partial charge in [0.25, 0.3) is 5.91 Å². The molecule has 1 aliphatic carbocycles. The normalized spacial score (nSPS) is 14.0. The van der Waals surface area contributed by atoms with Gasteiger partial charge in [-0.05, 0) is 78.7 Å². The molecule has 2 heterocycles. The van der Waals surface area contributed by atoms with Gasteiger partial charge >= 0.3 is 0 Å². The number of carbonyl (C=O) groups excluding carboxylic acids is 2. The first-order chi connectivity index (χ1) is 17.0. The summed E-state index contributed by atoms with van der Waals surface area (Å²) in [6.07, 6.45) is 1.84. The Kier molecular flexibility index (Phi) is 6.63. The van der Waals surface area contributed by atoms with Crippen LogP contribution in [0.2, 0.25) is 0 Å². The fourth-order valence-corrected chi connectivity index (χ4v) is 5.05. The largest absolute Gasteiger partial charge is 0.497 e. The van der Waals surface area contributed by atoms with Gasteiger partial charge in [-0.2, -0.15) is 0 Å².